The Balaban J connectivity index is 1.30. The van der Waals surface area contributed by atoms with Gasteiger partial charge in [-0.3, -0.25) is 0 Å². The van der Waals surface area contributed by atoms with Crippen LogP contribution < -0.4 is 0 Å². The van der Waals surface area contributed by atoms with Gasteiger partial charge in [-0.2, -0.15) is 0 Å². The molecule has 8 rings (SSSR count). The van der Waals surface area contributed by atoms with Crippen LogP contribution in [0.1, 0.15) is 50.7 Å². The minimum atomic E-state index is 0.461. The van der Waals surface area contributed by atoms with E-state index in [0.717, 1.165) is 0 Å². The van der Waals surface area contributed by atoms with Crippen LogP contribution in [0.2, 0.25) is 0 Å². The van der Waals surface area contributed by atoms with E-state index in [1.165, 1.54) is 82.6 Å². The zero-order chi connectivity index (χ0) is 29.2. The van der Waals surface area contributed by atoms with Gasteiger partial charge in [-0.05, 0) is 105 Å². The van der Waals surface area contributed by atoms with Gasteiger partial charge in [0.05, 0.1) is 16.6 Å². The Morgan fingerprint density at radius 3 is 1.42 bits per heavy atom. The van der Waals surface area contributed by atoms with Crippen LogP contribution in [0.4, 0.5) is 0 Å². The maximum atomic E-state index is 2.50. The van der Waals surface area contributed by atoms with Crippen molar-refractivity contribution in [2.75, 3.05) is 0 Å². The van der Waals surface area contributed by atoms with Gasteiger partial charge in [-0.15, -0.1) is 0 Å². The third-order valence-corrected chi connectivity index (χ3v) is 9.27. The van der Waals surface area contributed by atoms with Crippen molar-refractivity contribution >= 4 is 38.1 Å². The molecular weight excluding hydrogens is 518 g/mol. The zero-order valence-electron chi connectivity index (χ0n) is 25.2. The van der Waals surface area contributed by atoms with E-state index in [1.54, 1.807) is 0 Å². The summed E-state index contributed by atoms with van der Waals surface area (Å²) in [5, 5.41) is 5.42. The molecule has 0 radical (unpaired) electrons. The van der Waals surface area contributed by atoms with Gasteiger partial charge < -0.3 is 4.40 Å². The second-order valence-electron chi connectivity index (χ2n) is 12.6. The quantitative estimate of drug-likeness (QED) is 0.200. The van der Waals surface area contributed by atoms with Gasteiger partial charge in [0.2, 0.25) is 0 Å². The summed E-state index contributed by atoms with van der Waals surface area (Å²) in [6.45, 7) is 9.17. The normalized spacial score (nSPS) is 12.1. The highest BCUT2D eigenvalue weighted by Crippen LogP contribution is 2.43. The first-order valence-corrected chi connectivity index (χ1v) is 15.5. The fourth-order valence-corrected chi connectivity index (χ4v) is 6.85. The van der Waals surface area contributed by atoms with Crippen LogP contribution in [-0.2, 0) is 0 Å². The molecular formula is C42H35N. The lowest BCUT2D eigenvalue weighted by molar-refractivity contribution is 0.868. The highest BCUT2D eigenvalue weighted by molar-refractivity contribution is 6.24. The second kappa shape index (κ2) is 9.85. The van der Waals surface area contributed by atoms with E-state index in [4.69, 9.17) is 0 Å². The minimum absolute atomic E-state index is 0.461. The first-order chi connectivity index (χ1) is 21.0. The van der Waals surface area contributed by atoms with Crippen LogP contribution in [0, 0.1) is 0 Å². The lowest BCUT2D eigenvalue weighted by Crippen LogP contribution is -1.88. The number of nitrogens with zero attached hydrogens (tertiary/aromatic N) is 1. The van der Waals surface area contributed by atoms with Gasteiger partial charge >= 0.3 is 0 Å². The van der Waals surface area contributed by atoms with Crippen molar-refractivity contribution in [1.29, 1.82) is 0 Å². The predicted octanol–water partition coefficient (Wildman–Crippen LogP) is 12.1. The summed E-state index contributed by atoms with van der Waals surface area (Å²) in [6, 6.07) is 47.5. The fraction of sp³-hybridized carbons (Fsp3) is 0.143. The standard InChI is InChI=1S/C42H35N/c1-26(2)29-16-18-40-36(22-29)38-24-35(27(3)4)25-39-37-23-34(17-19-41(37)43(40)42(38)39)33-15-9-14-32(21-33)31-13-8-12-30(20-31)28-10-6-5-7-11-28/h5-27H,1-4H3. The average Bonchev–Trinajstić information content (AvgIpc) is 3.56. The molecule has 0 aliphatic rings. The SMILES string of the molecule is CC(C)c1ccc2c(c1)c1cc(C(C)C)cc3c4cc(-c5cccc(-c6cccc(-c7ccccc7)c6)c5)ccc4n2c31. The molecule has 0 saturated heterocycles. The fourth-order valence-electron chi connectivity index (χ4n) is 6.85. The highest BCUT2D eigenvalue weighted by atomic mass is 14.9. The van der Waals surface area contributed by atoms with Crippen molar-refractivity contribution < 1.29 is 0 Å². The van der Waals surface area contributed by atoms with Crippen LogP contribution in [0.3, 0.4) is 0 Å². The van der Waals surface area contributed by atoms with E-state index in [2.05, 4.69) is 159 Å². The van der Waals surface area contributed by atoms with Crippen molar-refractivity contribution in [3.63, 3.8) is 0 Å². The summed E-state index contributed by atoms with van der Waals surface area (Å²) in [4.78, 5) is 0. The third-order valence-electron chi connectivity index (χ3n) is 9.27. The Hall–Kier alpha value is -4.88. The molecule has 1 nitrogen and oxygen atoms in total. The molecule has 0 bridgehead atoms. The van der Waals surface area contributed by atoms with E-state index in [1.807, 2.05) is 0 Å². The molecule has 0 saturated carbocycles. The number of hydrogen-bond donors (Lipinski definition) is 0. The third kappa shape index (κ3) is 4.14. The molecule has 0 amide bonds. The molecule has 0 aliphatic heterocycles. The van der Waals surface area contributed by atoms with Gasteiger partial charge in [0.15, 0.2) is 0 Å². The van der Waals surface area contributed by atoms with Crippen LogP contribution in [0.25, 0.3) is 71.5 Å². The Morgan fingerprint density at radius 1 is 0.372 bits per heavy atom. The first kappa shape index (κ1) is 25.8. The molecule has 2 heterocycles. The van der Waals surface area contributed by atoms with Gasteiger partial charge in [0, 0.05) is 21.5 Å². The molecule has 0 spiro atoms. The summed E-state index contributed by atoms with van der Waals surface area (Å²) < 4.78 is 2.50. The van der Waals surface area contributed by atoms with Crippen molar-refractivity contribution in [1.82, 2.24) is 4.40 Å². The monoisotopic (exact) mass is 553 g/mol. The lowest BCUT2D eigenvalue weighted by Gasteiger charge is -2.10. The molecule has 8 aromatic rings. The molecule has 0 fully saturated rings. The summed E-state index contributed by atoms with van der Waals surface area (Å²) in [5.74, 6) is 0.966. The van der Waals surface area contributed by atoms with Gasteiger partial charge in [-0.25, -0.2) is 0 Å². The molecule has 1 heteroatoms. The van der Waals surface area contributed by atoms with Crippen molar-refractivity contribution in [3.05, 3.63) is 139 Å². The van der Waals surface area contributed by atoms with Crippen molar-refractivity contribution in [3.8, 4) is 33.4 Å². The second-order valence-corrected chi connectivity index (χ2v) is 12.6. The highest BCUT2D eigenvalue weighted by Gasteiger charge is 2.20. The summed E-state index contributed by atoms with van der Waals surface area (Å²) in [5.41, 5.74) is 14.2. The number of rotatable bonds is 5. The molecule has 6 aromatic carbocycles. The summed E-state index contributed by atoms with van der Waals surface area (Å²) in [6.07, 6.45) is 0. The summed E-state index contributed by atoms with van der Waals surface area (Å²) >= 11 is 0. The van der Waals surface area contributed by atoms with Crippen molar-refractivity contribution in [2.24, 2.45) is 0 Å². The molecule has 43 heavy (non-hydrogen) atoms. The molecule has 2 aromatic heterocycles. The van der Waals surface area contributed by atoms with Gasteiger partial charge in [0.25, 0.3) is 0 Å². The molecule has 0 N–H and O–H groups in total. The average molecular weight is 554 g/mol. The van der Waals surface area contributed by atoms with E-state index >= 15 is 0 Å². The topological polar surface area (TPSA) is 4.41 Å². The largest absolute Gasteiger partial charge is 0.308 e. The maximum Gasteiger partial charge on any atom is 0.0620 e. The number of aromatic nitrogens is 1. The van der Waals surface area contributed by atoms with E-state index in [9.17, 15) is 0 Å². The van der Waals surface area contributed by atoms with Crippen LogP contribution in [0.15, 0.2) is 127 Å². The zero-order valence-corrected chi connectivity index (χ0v) is 25.2. The Bertz CT molecular complexity index is 2280. The maximum absolute atomic E-state index is 2.50. The van der Waals surface area contributed by atoms with E-state index in [-0.39, 0.29) is 0 Å². The number of fused-ring (bicyclic) bond motifs is 6. The van der Waals surface area contributed by atoms with Crippen LogP contribution in [0.5, 0.6) is 0 Å². The number of hydrogen-bond acceptors (Lipinski definition) is 0. The van der Waals surface area contributed by atoms with Crippen LogP contribution >= 0.6 is 0 Å². The van der Waals surface area contributed by atoms with E-state index < -0.39 is 0 Å². The lowest BCUT2D eigenvalue weighted by atomic mass is 9.94. The van der Waals surface area contributed by atoms with Crippen LogP contribution in [-0.4, -0.2) is 4.40 Å². The number of benzene rings is 6. The van der Waals surface area contributed by atoms with Gasteiger partial charge in [-0.1, -0.05) is 107 Å². The minimum Gasteiger partial charge on any atom is -0.308 e. The van der Waals surface area contributed by atoms with Gasteiger partial charge in [0.1, 0.15) is 0 Å². The summed E-state index contributed by atoms with van der Waals surface area (Å²) in [7, 11) is 0. The first-order valence-electron chi connectivity index (χ1n) is 15.5. The molecule has 208 valence electrons. The van der Waals surface area contributed by atoms with E-state index in [0.29, 0.717) is 11.8 Å². The Kier molecular flexibility index (Phi) is 5.91. The molecule has 0 unspecified atom stereocenters. The Morgan fingerprint density at radius 2 is 0.837 bits per heavy atom. The molecule has 0 atom stereocenters. The molecule has 0 aliphatic carbocycles. The smallest absolute Gasteiger partial charge is 0.0620 e. The van der Waals surface area contributed by atoms with Crippen molar-refractivity contribution in [2.45, 2.75) is 39.5 Å². The Labute approximate surface area is 253 Å². The predicted molar refractivity (Wildman–Crippen MR) is 186 cm³/mol.